The van der Waals surface area contributed by atoms with Gasteiger partial charge in [0.1, 0.15) is 0 Å². The fourth-order valence-corrected chi connectivity index (χ4v) is 3.55. The Kier molecular flexibility index (Phi) is 4.62. The summed E-state index contributed by atoms with van der Waals surface area (Å²) in [6.45, 7) is 0.929. The van der Waals surface area contributed by atoms with Gasteiger partial charge in [0.2, 0.25) is 10.0 Å². The summed E-state index contributed by atoms with van der Waals surface area (Å²) in [5, 5.41) is 1.80. The zero-order valence-corrected chi connectivity index (χ0v) is 12.1. The predicted octanol–water partition coefficient (Wildman–Crippen LogP) is 2.06. The maximum atomic E-state index is 12.1. The number of piperidine rings is 1. The molecule has 0 aliphatic carbocycles. The molecule has 104 valence electrons. The second-order valence-electron chi connectivity index (χ2n) is 4.66. The molecule has 2 rings (SSSR count). The quantitative estimate of drug-likeness (QED) is 0.929. The van der Waals surface area contributed by atoms with Crippen molar-refractivity contribution in [1.82, 2.24) is 4.31 Å². The van der Waals surface area contributed by atoms with Crippen LogP contribution in [-0.2, 0) is 10.0 Å². The van der Waals surface area contributed by atoms with Crippen LogP contribution in [0.3, 0.4) is 0 Å². The Balaban J connectivity index is 2.12. The summed E-state index contributed by atoms with van der Waals surface area (Å²) in [5.41, 5.74) is 6.56. The maximum Gasteiger partial charge on any atom is 0.236 e. The molecule has 1 aliphatic rings. The average molecular weight is 301 g/mol. The van der Waals surface area contributed by atoms with Crippen LogP contribution in [0.4, 0.5) is 0 Å². The van der Waals surface area contributed by atoms with Gasteiger partial charge in [-0.3, -0.25) is 0 Å². The van der Waals surface area contributed by atoms with Gasteiger partial charge >= 0.3 is 0 Å². The van der Waals surface area contributed by atoms with E-state index >= 15 is 0 Å². The highest BCUT2D eigenvalue weighted by Crippen LogP contribution is 2.16. The Bertz CT molecular complexity index is 572. The van der Waals surface area contributed by atoms with Gasteiger partial charge in [-0.25, -0.2) is 8.42 Å². The summed E-state index contributed by atoms with van der Waals surface area (Å²) in [6.07, 6.45) is 3.25. The number of nitrogens with two attached hydrogens (primary N) is 1. The highest BCUT2D eigenvalue weighted by Gasteiger charge is 2.25. The van der Waals surface area contributed by atoms with Crippen LogP contribution in [-0.4, -0.2) is 31.9 Å². The van der Waals surface area contributed by atoms with E-state index in [0.717, 1.165) is 18.4 Å². The first kappa shape index (κ1) is 14.5. The van der Waals surface area contributed by atoms with E-state index in [2.05, 4.69) is 0 Å². The molecule has 0 spiro atoms. The van der Waals surface area contributed by atoms with Gasteiger partial charge in [0.25, 0.3) is 0 Å². The first-order chi connectivity index (χ1) is 8.97. The standard InChI is InChI=1S/C13H17ClN2O2S/c14-12-4-1-3-11(9-12)6-8-19(17,18)16-7-2-5-13(15)10-16/h1,3-4,6,8-9,13H,2,5,7,10,15H2/b8-6+. The van der Waals surface area contributed by atoms with Gasteiger partial charge in [-0.1, -0.05) is 23.7 Å². The molecule has 2 N–H and O–H groups in total. The molecule has 1 heterocycles. The minimum Gasteiger partial charge on any atom is -0.327 e. The normalized spacial score (nSPS) is 21.9. The molecule has 4 nitrogen and oxygen atoms in total. The lowest BCUT2D eigenvalue weighted by Gasteiger charge is -2.28. The second-order valence-corrected chi connectivity index (χ2v) is 6.92. The van der Waals surface area contributed by atoms with E-state index < -0.39 is 10.0 Å². The van der Waals surface area contributed by atoms with Crippen LogP contribution in [0.25, 0.3) is 6.08 Å². The van der Waals surface area contributed by atoms with Crippen molar-refractivity contribution in [1.29, 1.82) is 0 Å². The lowest BCUT2D eigenvalue weighted by molar-refractivity contribution is 0.319. The number of nitrogens with zero attached hydrogens (tertiary/aromatic N) is 1. The van der Waals surface area contributed by atoms with E-state index in [-0.39, 0.29) is 6.04 Å². The Morgan fingerprint density at radius 3 is 2.89 bits per heavy atom. The van der Waals surface area contributed by atoms with Crippen molar-refractivity contribution in [2.24, 2.45) is 5.73 Å². The molecule has 1 saturated heterocycles. The molecule has 0 amide bonds. The predicted molar refractivity (Wildman–Crippen MR) is 78.2 cm³/mol. The molecule has 19 heavy (non-hydrogen) atoms. The molecule has 0 aromatic heterocycles. The highest BCUT2D eigenvalue weighted by atomic mass is 35.5. The topological polar surface area (TPSA) is 63.4 Å². The van der Waals surface area contributed by atoms with E-state index in [1.54, 1.807) is 30.3 Å². The average Bonchev–Trinajstić information content (AvgIpc) is 2.37. The molecule has 1 unspecified atom stereocenters. The number of benzene rings is 1. The molecule has 1 aromatic rings. The fraction of sp³-hybridized carbons (Fsp3) is 0.385. The molecule has 0 saturated carbocycles. The summed E-state index contributed by atoms with van der Waals surface area (Å²) in [7, 11) is -3.40. The van der Waals surface area contributed by atoms with Crippen LogP contribution in [0.5, 0.6) is 0 Å². The number of hydrogen-bond acceptors (Lipinski definition) is 3. The van der Waals surface area contributed by atoms with Gasteiger partial charge in [0, 0.05) is 29.6 Å². The Hall–Kier alpha value is -0.880. The first-order valence-electron chi connectivity index (χ1n) is 6.17. The molecule has 6 heteroatoms. The van der Waals surface area contributed by atoms with Gasteiger partial charge < -0.3 is 5.73 Å². The molecule has 0 radical (unpaired) electrons. The summed E-state index contributed by atoms with van der Waals surface area (Å²) < 4.78 is 25.7. The van der Waals surface area contributed by atoms with Crippen LogP contribution in [0.1, 0.15) is 18.4 Å². The summed E-state index contributed by atoms with van der Waals surface area (Å²) in [4.78, 5) is 0. The van der Waals surface area contributed by atoms with Crippen LogP contribution in [0.2, 0.25) is 5.02 Å². The second kappa shape index (κ2) is 6.05. The summed E-state index contributed by atoms with van der Waals surface area (Å²) >= 11 is 5.85. The lowest BCUT2D eigenvalue weighted by atomic mass is 10.1. The molecule has 1 fully saturated rings. The zero-order chi connectivity index (χ0) is 13.9. The van der Waals surface area contributed by atoms with Gasteiger partial charge in [0.15, 0.2) is 0 Å². The Labute approximate surface area is 118 Å². The first-order valence-corrected chi connectivity index (χ1v) is 8.05. The third kappa shape index (κ3) is 4.04. The van der Waals surface area contributed by atoms with Crippen LogP contribution in [0, 0.1) is 0 Å². The van der Waals surface area contributed by atoms with Crippen LogP contribution >= 0.6 is 11.6 Å². The smallest absolute Gasteiger partial charge is 0.236 e. The van der Waals surface area contributed by atoms with Crippen molar-refractivity contribution in [3.63, 3.8) is 0 Å². The molecular formula is C13H17ClN2O2S. The van der Waals surface area contributed by atoms with Gasteiger partial charge in [0.05, 0.1) is 0 Å². The SMILES string of the molecule is NC1CCCN(S(=O)(=O)/C=C/c2cccc(Cl)c2)C1. The van der Waals surface area contributed by atoms with Gasteiger partial charge in [-0.15, -0.1) is 0 Å². The van der Waals surface area contributed by atoms with E-state index in [4.69, 9.17) is 17.3 Å². The number of sulfonamides is 1. The molecule has 1 aliphatic heterocycles. The van der Waals surface area contributed by atoms with E-state index in [9.17, 15) is 8.42 Å². The fourth-order valence-electron chi connectivity index (χ4n) is 2.07. The van der Waals surface area contributed by atoms with Crippen LogP contribution < -0.4 is 5.73 Å². The van der Waals surface area contributed by atoms with Crippen molar-refractivity contribution in [3.05, 3.63) is 40.3 Å². The van der Waals surface area contributed by atoms with Crippen molar-refractivity contribution >= 4 is 27.7 Å². The number of rotatable bonds is 3. The minimum atomic E-state index is -3.40. The maximum absolute atomic E-state index is 12.1. The third-order valence-electron chi connectivity index (χ3n) is 3.06. The van der Waals surface area contributed by atoms with Crippen molar-refractivity contribution in [2.45, 2.75) is 18.9 Å². The zero-order valence-electron chi connectivity index (χ0n) is 10.5. The van der Waals surface area contributed by atoms with Gasteiger partial charge in [-0.2, -0.15) is 4.31 Å². The van der Waals surface area contributed by atoms with Crippen LogP contribution in [0.15, 0.2) is 29.7 Å². The molecular weight excluding hydrogens is 284 g/mol. The van der Waals surface area contributed by atoms with E-state index in [0.29, 0.717) is 18.1 Å². The van der Waals surface area contributed by atoms with E-state index in [1.807, 2.05) is 0 Å². The monoisotopic (exact) mass is 300 g/mol. The van der Waals surface area contributed by atoms with E-state index in [1.165, 1.54) is 9.71 Å². The molecule has 1 aromatic carbocycles. The molecule has 1 atom stereocenters. The Morgan fingerprint density at radius 1 is 1.42 bits per heavy atom. The highest BCUT2D eigenvalue weighted by molar-refractivity contribution is 7.92. The third-order valence-corrected chi connectivity index (χ3v) is 4.83. The largest absolute Gasteiger partial charge is 0.327 e. The van der Waals surface area contributed by atoms with Gasteiger partial charge in [-0.05, 0) is 36.6 Å². The minimum absolute atomic E-state index is 0.0666. The molecule has 0 bridgehead atoms. The number of hydrogen-bond donors (Lipinski definition) is 1. The summed E-state index contributed by atoms with van der Waals surface area (Å²) in [6, 6.07) is 6.99. The lowest BCUT2D eigenvalue weighted by Crippen LogP contribution is -2.44. The van der Waals surface area contributed by atoms with Crippen molar-refractivity contribution in [2.75, 3.05) is 13.1 Å². The summed E-state index contributed by atoms with van der Waals surface area (Å²) in [5.74, 6) is 0. The van der Waals surface area contributed by atoms with Crippen molar-refractivity contribution < 1.29 is 8.42 Å². The number of halogens is 1. The Morgan fingerprint density at radius 2 is 2.21 bits per heavy atom. The van der Waals surface area contributed by atoms with Crippen molar-refractivity contribution in [3.8, 4) is 0 Å².